The minimum Gasteiger partial charge on any atom is -0.376 e. The van der Waals surface area contributed by atoms with E-state index in [9.17, 15) is 4.79 Å². The second-order valence-corrected chi connectivity index (χ2v) is 10.9. The summed E-state index contributed by atoms with van der Waals surface area (Å²) < 4.78 is 7.76. The second-order valence-electron chi connectivity index (χ2n) is 8.87. The third-order valence-corrected chi connectivity index (χ3v) is 8.80. The van der Waals surface area contributed by atoms with E-state index in [4.69, 9.17) is 19.7 Å². The summed E-state index contributed by atoms with van der Waals surface area (Å²) in [4.78, 5) is 30.6. The van der Waals surface area contributed by atoms with Crippen LogP contribution >= 0.6 is 23.1 Å². The zero-order valence-corrected chi connectivity index (χ0v) is 20.3. The molecule has 0 bridgehead atoms. The molecular formula is C25H26N4O2S2. The highest BCUT2D eigenvalue weighted by Crippen LogP contribution is 2.35. The van der Waals surface area contributed by atoms with Crippen LogP contribution in [0.25, 0.3) is 21.3 Å². The van der Waals surface area contributed by atoms with Crippen LogP contribution in [0.2, 0.25) is 0 Å². The van der Waals surface area contributed by atoms with Crippen molar-refractivity contribution in [3.8, 4) is 0 Å². The van der Waals surface area contributed by atoms with Crippen molar-refractivity contribution in [3.05, 3.63) is 56.4 Å². The van der Waals surface area contributed by atoms with E-state index in [0.29, 0.717) is 12.3 Å². The van der Waals surface area contributed by atoms with Crippen LogP contribution in [0.1, 0.15) is 47.5 Å². The first kappa shape index (κ1) is 21.3. The lowest BCUT2D eigenvalue weighted by atomic mass is 9.97. The fourth-order valence-corrected chi connectivity index (χ4v) is 7.20. The fourth-order valence-electron chi connectivity index (χ4n) is 4.88. The summed E-state index contributed by atoms with van der Waals surface area (Å²) in [5.74, 6) is 0.623. The molecule has 2 aliphatic rings. The summed E-state index contributed by atoms with van der Waals surface area (Å²) in [5.41, 5.74) is 4.99. The van der Waals surface area contributed by atoms with Gasteiger partial charge in [0, 0.05) is 17.2 Å². The Kier molecular flexibility index (Phi) is 5.68. The molecule has 6 nitrogen and oxygen atoms in total. The molecule has 33 heavy (non-hydrogen) atoms. The molecule has 1 saturated heterocycles. The number of thiophene rings is 1. The average Bonchev–Trinajstić information content (AvgIpc) is 3.47. The van der Waals surface area contributed by atoms with E-state index in [1.165, 1.54) is 16.9 Å². The van der Waals surface area contributed by atoms with Gasteiger partial charge in [0.25, 0.3) is 5.56 Å². The van der Waals surface area contributed by atoms with Gasteiger partial charge in [-0.2, -0.15) is 0 Å². The Morgan fingerprint density at radius 3 is 2.76 bits per heavy atom. The highest BCUT2D eigenvalue weighted by molar-refractivity contribution is 7.98. The van der Waals surface area contributed by atoms with E-state index < -0.39 is 0 Å². The van der Waals surface area contributed by atoms with Crippen molar-refractivity contribution in [2.75, 3.05) is 6.61 Å². The van der Waals surface area contributed by atoms with Gasteiger partial charge in [-0.1, -0.05) is 23.9 Å². The lowest BCUT2D eigenvalue weighted by molar-refractivity contribution is 0.0937. The molecule has 3 aromatic heterocycles. The highest BCUT2D eigenvalue weighted by Gasteiger charge is 2.25. The first-order valence-electron chi connectivity index (χ1n) is 11.7. The lowest BCUT2D eigenvalue weighted by Gasteiger charge is -2.16. The van der Waals surface area contributed by atoms with E-state index in [0.717, 1.165) is 76.5 Å². The number of benzene rings is 1. The summed E-state index contributed by atoms with van der Waals surface area (Å²) in [6.07, 6.45) is 6.53. The SMILES string of the molecule is Cc1nc2ccccc2nc1CSc1nc2sc3c(c2c(=O)n1CC1CCCO1)CCCC3. The van der Waals surface area contributed by atoms with Gasteiger partial charge < -0.3 is 4.74 Å². The van der Waals surface area contributed by atoms with Gasteiger partial charge in [-0.15, -0.1) is 11.3 Å². The number of ether oxygens (including phenoxy) is 1. The number of hydrogen-bond acceptors (Lipinski definition) is 7. The topological polar surface area (TPSA) is 69.9 Å². The van der Waals surface area contributed by atoms with E-state index >= 15 is 0 Å². The smallest absolute Gasteiger partial charge is 0.263 e. The fraction of sp³-hybridized carbons (Fsp3) is 0.440. The highest BCUT2D eigenvalue weighted by atomic mass is 32.2. The Morgan fingerprint density at radius 2 is 1.94 bits per heavy atom. The first-order chi connectivity index (χ1) is 16.2. The molecule has 1 fully saturated rings. The van der Waals surface area contributed by atoms with Crippen molar-refractivity contribution in [2.45, 2.75) is 69.0 Å². The van der Waals surface area contributed by atoms with Gasteiger partial charge in [0.1, 0.15) is 4.83 Å². The summed E-state index contributed by atoms with van der Waals surface area (Å²) >= 11 is 3.29. The number of fused-ring (bicyclic) bond motifs is 4. The van der Waals surface area contributed by atoms with Crippen molar-refractivity contribution >= 4 is 44.3 Å². The van der Waals surface area contributed by atoms with Crippen LogP contribution in [0.15, 0.2) is 34.2 Å². The summed E-state index contributed by atoms with van der Waals surface area (Å²) in [6, 6.07) is 7.94. The van der Waals surface area contributed by atoms with Gasteiger partial charge >= 0.3 is 0 Å². The van der Waals surface area contributed by atoms with Gasteiger partial charge in [-0.25, -0.2) is 15.0 Å². The van der Waals surface area contributed by atoms with E-state index in [1.807, 2.05) is 35.8 Å². The Morgan fingerprint density at radius 1 is 1.12 bits per heavy atom. The van der Waals surface area contributed by atoms with Crippen molar-refractivity contribution in [1.82, 2.24) is 19.5 Å². The summed E-state index contributed by atoms with van der Waals surface area (Å²) in [6.45, 7) is 3.34. The van der Waals surface area contributed by atoms with Crippen LogP contribution < -0.4 is 5.56 Å². The maximum absolute atomic E-state index is 13.8. The third-order valence-electron chi connectivity index (χ3n) is 6.63. The first-order valence-corrected chi connectivity index (χ1v) is 13.5. The zero-order valence-electron chi connectivity index (χ0n) is 18.7. The van der Waals surface area contributed by atoms with Gasteiger partial charge in [0.2, 0.25) is 0 Å². The molecule has 6 rings (SSSR count). The lowest BCUT2D eigenvalue weighted by Crippen LogP contribution is -2.29. The van der Waals surface area contributed by atoms with Crippen molar-refractivity contribution in [2.24, 2.45) is 0 Å². The Hall–Kier alpha value is -2.29. The molecule has 1 unspecified atom stereocenters. The molecule has 1 aliphatic heterocycles. The summed E-state index contributed by atoms with van der Waals surface area (Å²) in [7, 11) is 0. The molecule has 0 radical (unpaired) electrons. The van der Waals surface area contributed by atoms with E-state index in [2.05, 4.69) is 0 Å². The number of aromatic nitrogens is 4. The molecule has 4 heterocycles. The average molecular weight is 479 g/mol. The molecule has 0 amide bonds. The maximum atomic E-state index is 13.8. The quantitative estimate of drug-likeness (QED) is 0.295. The number of aryl methyl sites for hydroxylation is 3. The predicted molar refractivity (Wildman–Crippen MR) is 133 cm³/mol. The largest absolute Gasteiger partial charge is 0.376 e. The Bertz CT molecular complexity index is 1410. The molecular weight excluding hydrogens is 452 g/mol. The second kappa shape index (κ2) is 8.81. The van der Waals surface area contributed by atoms with Crippen molar-refractivity contribution < 1.29 is 4.74 Å². The molecule has 0 spiro atoms. The molecule has 8 heteroatoms. The van der Waals surface area contributed by atoms with Crippen molar-refractivity contribution in [1.29, 1.82) is 0 Å². The van der Waals surface area contributed by atoms with E-state index in [1.54, 1.807) is 23.1 Å². The minimum absolute atomic E-state index is 0.0814. The summed E-state index contributed by atoms with van der Waals surface area (Å²) in [5, 5.41) is 1.61. The minimum atomic E-state index is 0.0814. The molecule has 1 aromatic carbocycles. The van der Waals surface area contributed by atoms with Crippen LogP contribution in [-0.4, -0.2) is 32.2 Å². The standard InChI is InChI=1S/C25H26N4O2S2/c1-15-20(27-19-10-4-3-9-18(19)26-15)14-32-25-28-23-22(17-8-2-5-11-21(17)33-23)24(30)29(25)13-16-7-6-12-31-16/h3-4,9-10,16H,2,5-8,11-14H2,1H3. The third kappa shape index (κ3) is 3.98. The molecule has 0 saturated carbocycles. The molecule has 170 valence electrons. The Balaban J connectivity index is 1.40. The number of rotatable bonds is 5. The normalized spacial score (nSPS) is 18.3. The number of nitrogens with zero attached hydrogens (tertiary/aromatic N) is 4. The molecule has 1 atom stereocenters. The van der Waals surface area contributed by atoms with Crippen LogP contribution in [0, 0.1) is 6.92 Å². The number of hydrogen-bond donors (Lipinski definition) is 0. The van der Waals surface area contributed by atoms with Crippen molar-refractivity contribution in [3.63, 3.8) is 0 Å². The predicted octanol–water partition coefficient (Wildman–Crippen LogP) is 5.06. The van der Waals surface area contributed by atoms with Gasteiger partial charge in [0.05, 0.1) is 40.5 Å². The van der Waals surface area contributed by atoms with Gasteiger partial charge in [-0.05, 0) is 63.1 Å². The molecule has 0 N–H and O–H groups in total. The molecule has 1 aliphatic carbocycles. The van der Waals surface area contributed by atoms with Crippen LogP contribution in [0.5, 0.6) is 0 Å². The van der Waals surface area contributed by atoms with E-state index in [-0.39, 0.29) is 11.7 Å². The van der Waals surface area contributed by atoms with Gasteiger partial charge in [0.15, 0.2) is 5.16 Å². The maximum Gasteiger partial charge on any atom is 0.263 e. The zero-order chi connectivity index (χ0) is 22.4. The van der Waals surface area contributed by atoms with Crippen LogP contribution in [-0.2, 0) is 29.9 Å². The van der Waals surface area contributed by atoms with Crippen LogP contribution in [0.4, 0.5) is 0 Å². The molecule has 4 aromatic rings. The van der Waals surface area contributed by atoms with Crippen LogP contribution in [0.3, 0.4) is 0 Å². The Labute approximate surface area is 200 Å². The van der Waals surface area contributed by atoms with Gasteiger partial charge in [-0.3, -0.25) is 9.36 Å². The monoisotopic (exact) mass is 478 g/mol. The number of para-hydroxylation sites is 2. The number of thioether (sulfide) groups is 1.